The zero-order valence-corrected chi connectivity index (χ0v) is 25.2. The molecule has 2 amide bonds. The van der Waals surface area contributed by atoms with Crippen molar-refractivity contribution in [3.8, 4) is 0 Å². The van der Waals surface area contributed by atoms with Crippen LogP contribution in [0, 0.1) is 13.8 Å². The molecule has 1 aliphatic rings. The molecule has 6 nitrogen and oxygen atoms in total. The standard InChI is InChI=1S/C29H40BBrN2O4/c1-10-13-29(9)28(7,8)36-30(37-29)24-17-21(11-12-22(24)18-31)25(34)32-33(27(4,5)6)26(35)23-15-19(2)14-20(3)16-23/h11-12,14-17H,10,13,18H2,1-9H3,(H,32,34). The number of hydrazine groups is 1. The Hall–Kier alpha value is -2.16. The van der Waals surface area contributed by atoms with Gasteiger partial charge in [-0.3, -0.25) is 15.0 Å². The van der Waals surface area contributed by atoms with Crippen LogP contribution in [-0.4, -0.2) is 40.7 Å². The summed E-state index contributed by atoms with van der Waals surface area (Å²) < 4.78 is 12.9. The van der Waals surface area contributed by atoms with E-state index in [0.29, 0.717) is 16.5 Å². The first-order chi connectivity index (χ1) is 17.1. The third-order valence-corrected chi connectivity index (χ3v) is 7.74. The topological polar surface area (TPSA) is 67.9 Å². The van der Waals surface area contributed by atoms with Crippen LogP contribution < -0.4 is 10.9 Å². The van der Waals surface area contributed by atoms with Crippen LogP contribution in [0.4, 0.5) is 0 Å². The third-order valence-electron chi connectivity index (χ3n) is 7.13. The second-order valence-electron chi connectivity index (χ2n) is 11.7. The number of nitrogens with zero attached hydrogens (tertiary/aromatic N) is 1. The first kappa shape index (κ1) is 29.4. The van der Waals surface area contributed by atoms with Crippen LogP contribution in [0.5, 0.6) is 0 Å². The number of rotatable bonds is 6. The second-order valence-corrected chi connectivity index (χ2v) is 12.3. The van der Waals surface area contributed by atoms with E-state index in [1.54, 1.807) is 6.07 Å². The molecule has 3 rings (SSSR count). The summed E-state index contributed by atoms with van der Waals surface area (Å²) in [5.74, 6) is -0.631. The van der Waals surface area contributed by atoms with Crippen LogP contribution in [0.1, 0.15) is 98.7 Å². The molecule has 0 bridgehead atoms. The molecule has 8 heteroatoms. The molecule has 2 aromatic rings. The van der Waals surface area contributed by atoms with Crippen LogP contribution in [0.3, 0.4) is 0 Å². The Bertz CT molecular complexity index is 1160. The van der Waals surface area contributed by atoms with Crippen molar-refractivity contribution < 1.29 is 18.9 Å². The SMILES string of the molecule is CCCC1(C)OB(c2cc(C(=O)NN(C(=O)c3cc(C)cc(C)c3)C(C)(C)C)ccc2CBr)OC1(C)C. The van der Waals surface area contributed by atoms with E-state index < -0.39 is 23.9 Å². The van der Waals surface area contributed by atoms with Crippen LogP contribution in [0.2, 0.25) is 0 Å². The first-order valence-corrected chi connectivity index (χ1v) is 14.0. The highest BCUT2D eigenvalue weighted by molar-refractivity contribution is 9.08. The van der Waals surface area contributed by atoms with Crippen molar-refractivity contribution in [1.82, 2.24) is 10.4 Å². The number of carbonyl (C=O) groups is 2. The van der Waals surface area contributed by atoms with Gasteiger partial charge in [0.2, 0.25) is 0 Å². The van der Waals surface area contributed by atoms with Crippen LogP contribution in [0.25, 0.3) is 0 Å². The predicted molar refractivity (Wildman–Crippen MR) is 153 cm³/mol. The summed E-state index contributed by atoms with van der Waals surface area (Å²) in [6, 6.07) is 11.2. The first-order valence-electron chi connectivity index (χ1n) is 12.9. The highest BCUT2D eigenvalue weighted by Gasteiger charge is 2.54. The minimum absolute atomic E-state index is 0.260. The van der Waals surface area contributed by atoms with Gasteiger partial charge in [-0.1, -0.05) is 52.5 Å². The Morgan fingerprint density at radius 3 is 2.16 bits per heavy atom. The molecule has 1 unspecified atom stereocenters. The minimum Gasteiger partial charge on any atom is -0.399 e. The van der Waals surface area contributed by atoms with E-state index in [2.05, 4.69) is 35.2 Å². The number of aryl methyl sites for hydroxylation is 2. The Labute approximate surface area is 230 Å². The van der Waals surface area contributed by atoms with Crippen molar-refractivity contribution in [3.05, 3.63) is 64.2 Å². The van der Waals surface area contributed by atoms with Gasteiger partial charge in [0.15, 0.2) is 0 Å². The highest BCUT2D eigenvalue weighted by atomic mass is 79.9. The fraction of sp³-hybridized carbons (Fsp3) is 0.517. The maximum absolute atomic E-state index is 13.5. The van der Waals surface area contributed by atoms with E-state index in [4.69, 9.17) is 9.31 Å². The van der Waals surface area contributed by atoms with E-state index in [-0.39, 0.29) is 11.8 Å². The van der Waals surface area contributed by atoms with Crippen molar-refractivity contribution in [2.24, 2.45) is 0 Å². The molecule has 0 spiro atoms. The van der Waals surface area contributed by atoms with Gasteiger partial charge in [-0.25, -0.2) is 5.01 Å². The molecule has 1 N–H and O–H groups in total. The molecule has 1 atom stereocenters. The highest BCUT2D eigenvalue weighted by Crippen LogP contribution is 2.40. The molecule has 0 aliphatic carbocycles. The van der Waals surface area contributed by atoms with E-state index in [1.807, 2.05) is 78.8 Å². The Morgan fingerprint density at radius 1 is 1.00 bits per heavy atom. The van der Waals surface area contributed by atoms with Crippen LogP contribution >= 0.6 is 15.9 Å². The van der Waals surface area contributed by atoms with E-state index in [9.17, 15) is 9.59 Å². The summed E-state index contributed by atoms with van der Waals surface area (Å²) in [6.07, 6.45) is 1.84. The lowest BCUT2D eigenvalue weighted by Gasteiger charge is -2.36. The summed E-state index contributed by atoms with van der Waals surface area (Å²) in [4.78, 5) is 27.0. The van der Waals surface area contributed by atoms with Crippen molar-refractivity contribution >= 4 is 40.3 Å². The number of halogens is 1. The smallest absolute Gasteiger partial charge is 0.399 e. The van der Waals surface area contributed by atoms with Crippen molar-refractivity contribution in [1.29, 1.82) is 0 Å². The number of hydrogen-bond donors (Lipinski definition) is 1. The van der Waals surface area contributed by atoms with E-state index in [1.165, 1.54) is 5.01 Å². The molecule has 1 fully saturated rings. The largest absolute Gasteiger partial charge is 0.495 e. The van der Waals surface area contributed by atoms with Gasteiger partial charge >= 0.3 is 7.12 Å². The summed E-state index contributed by atoms with van der Waals surface area (Å²) in [5.41, 5.74) is 6.03. The number of alkyl halides is 1. The molecule has 0 saturated carbocycles. The maximum Gasteiger partial charge on any atom is 0.495 e. The molecule has 0 radical (unpaired) electrons. The number of carbonyl (C=O) groups excluding carboxylic acids is 2. The zero-order chi connectivity index (χ0) is 27.8. The van der Waals surface area contributed by atoms with Gasteiger partial charge in [0.05, 0.1) is 16.7 Å². The summed E-state index contributed by atoms with van der Waals surface area (Å²) in [5, 5.41) is 2.00. The maximum atomic E-state index is 13.5. The van der Waals surface area contributed by atoms with E-state index in [0.717, 1.165) is 35.0 Å². The lowest BCUT2D eigenvalue weighted by atomic mass is 9.75. The van der Waals surface area contributed by atoms with Gasteiger partial charge in [0.25, 0.3) is 11.8 Å². The Kier molecular flexibility index (Phi) is 8.67. The molecule has 37 heavy (non-hydrogen) atoms. The lowest BCUT2D eigenvalue weighted by molar-refractivity contribution is -0.0159. The van der Waals surface area contributed by atoms with Gasteiger partial charge in [0.1, 0.15) is 0 Å². The average molecular weight is 571 g/mol. The fourth-order valence-electron chi connectivity index (χ4n) is 4.75. The summed E-state index contributed by atoms with van der Waals surface area (Å²) >= 11 is 3.56. The average Bonchev–Trinajstić information content (AvgIpc) is 3.03. The molecule has 200 valence electrons. The molecule has 0 aromatic heterocycles. The van der Waals surface area contributed by atoms with Gasteiger partial charge < -0.3 is 9.31 Å². The third kappa shape index (κ3) is 6.29. The van der Waals surface area contributed by atoms with E-state index >= 15 is 0 Å². The van der Waals surface area contributed by atoms with Crippen molar-refractivity contribution in [2.75, 3.05) is 0 Å². The van der Waals surface area contributed by atoms with Crippen LogP contribution in [0.15, 0.2) is 36.4 Å². The summed E-state index contributed by atoms with van der Waals surface area (Å²) in [7, 11) is -0.595. The fourth-order valence-corrected chi connectivity index (χ4v) is 5.26. The molecule has 1 heterocycles. The van der Waals surface area contributed by atoms with Crippen molar-refractivity contribution in [2.45, 2.75) is 97.2 Å². The van der Waals surface area contributed by atoms with Crippen LogP contribution in [-0.2, 0) is 14.6 Å². The second kappa shape index (κ2) is 10.9. The zero-order valence-electron chi connectivity index (χ0n) is 23.6. The number of amides is 2. The Balaban J connectivity index is 1.93. The predicted octanol–water partition coefficient (Wildman–Crippen LogP) is 5.86. The van der Waals surface area contributed by atoms with Gasteiger partial charge in [0, 0.05) is 16.5 Å². The minimum atomic E-state index is -0.646. The van der Waals surface area contributed by atoms with Gasteiger partial charge in [-0.05, 0) is 97.1 Å². The van der Waals surface area contributed by atoms with Crippen molar-refractivity contribution in [3.63, 3.8) is 0 Å². The molecule has 2 aromatic carbocycles. The summed E-state index contributed by atoms with van der Waals surface area (Å²) in [6.45, 7) is 17.9. The molecule has 1 aliphatic heterocycles. The number of nitrogens with one attached hydrogen (secondary N) is 1. The molecule has 1 saturated heterocycles. The normalized spacial score (nSPS) is 19.1. The quantitative estimate of drug-likeness (QED) is 0.268. The van der Waals surface area contributed by atoms with Gasteiger partial charge in [-0.15, -0.1) is 0 Å². The number of hydrogen-bond acceptors (Lipinski definition) is 4. The van der Waals surface area contributed by atoms with Gasteiger partial charge in [-0.2, -0.15) is 0 Å². The molecular formula is C29H40BBrN2O4. The number of benzene rings is 2. The monoisotopic (exact) mass is 570 g/mol. The Morgan fingerprint density at radius 2 is 1.62 bits per heavy atom. The lowest BCUT2D eigenvalue weighted by Crippen LogP contribution is -2.56. The molecular weight excluding hydrogens is 531 g/mol.